The fourth-order valence-corrected chi connectivity index (χ4v) is 6.38. The Hall–Kier alpha value is -5.66. The first-order valence-electron chi connectivity index (χ1n) is 14.8. The standard InChI is InChI=1S/C42H29N/c1-3-14-30(15-4-1)33-26-34(31-16-5-2-6-17-31)28-35(27-33)38-21-8-7-20-37(38)32-18-13-19-36(29-32)43-41-24-11-9-22-39(41)40-23-10-12-25-42(40)43/h1-29H. The van der Waals surface area contributed by atoms with Gasteiger partial charge in [0.2, 0.25) is 0 Å². The fourth-order valence-electron chi connectivity index (χ4n) is 6.38. The SMILES string of the molecule is c1ccc(-c2cc(-c3ccccc3)cc(-c3ccccc3-c3cccc(-n4c5ccccc5c5ccccc54)c3)c2)cc1. The lowest BCUT2D eigenvalue weighted by Crippen LogP contribution is -1.95. The molecule has 1 heteroatoms. The van der Waals surface area contributed by atoms with Crippen LogP contribution in [-0.4, -0.2) is 4.57 Å². The molecule has 0 atom stereocenters. The van der Waals surface area contributed by atoms with Crippen LogP contribution in [-0.2, 0) is 0 Å². The first kappa shape index (κ1) is 25.1. The predicted octanol–water partition coefficient (Wildman–Crippen LogP) is 11.5. The van der Waals surface area contributed by atoms with Crippen LogP contribution in [0.2, 0.25) is 0 Å². The molecule has 1 aromatic heterocycles. The zero-order chi connectivity index (χ0) is 28.6. The molecule has 8 rings (SSSR count). The van der Waals surface area contributed by atoms with E-state index in [9.17, 15) is 0 Å². The minimum absolute atomic E-state index is 1.16. The van der Waals surface area contributed by atoms with E-state index in [-0.39, 0.29) is 0 Å². The Labute approximate surface area is 251 Å². The maximum absolute atomic E-state index is 2.39. The minimum Gasteiger partial charge on any atom is -0.309 e. The Kier molecular flexibility index (Phi) is 6.20. The van der Waals surface area contributed by atoms with Crippen LogP contribution in [0.1, 0.15) is 0 Å². The topological polar surface area (TPSA) is 4.93 Å². The molecule has 8 aromatic rings. The summed E-state index contributed by atoms with van der Waals surface area (Å²) in [6.45, 7) is 0. The summed E-state index contributed by atoms with van der Waals surface area (Å²) in [7, 11) is 0. The highest BCUT2D eigenvalue weighted by atomic mass is 15.0. The Morgan fingerprint density at radius 3 is 1.30 bits per heavy atom. The molecule has 0 unspecified atom stereocenters. The molecule has 0 saturated carbocycles. The molecule has 0 bridgehead atoms. The van der Waals surface area contributed by atoms with E-state index in [1.54, 1.807) is 0 Å². The molecule has 43 heavy (non-hydrogen) atoms. The lowest BCUT2D eigenvalue weighted by Gasteiger charge is -2.16. The van der Waals surface area contributed by atoms with Gasteiger partial charge in [-0.15, -0.1) is 0 Å². The van der Waals surface area contributed by atoms with Gasteiger partial charge in [0.1, 0.15) is 0 Å². The van der Waals surface area contributed by atoms with Crippen LogP contribution in [0.15, 0.2) is 176 Å². The highest BCUT2D eigenvalue weighted by molar-refractivity contribution is 6.09. The average Bonchev–Trinajstić information content (AvgIpc) is 3.43. The summed E-state index contributed by atoms with van der Waals surface area (Å²) in [5.74, 6) is 0. The Balaban J connectivity index is 1.31. The average molecular weight is 548 g/mol. The normalized spacial score (nSPS) is 11.3. The van der Waals surface area contributed by atoms with Crippen LogP contribution in [0, 0.1) is 0 Å². The number of hydrogen-bond acceptors (Lipinski definition) is 0. The maximum Gasteiger partial charge on any atom is 0.0541 e. The van der Waals surface area contributed by atoms with Crippen LogP contribution >= 0.6 is 0 Å². The van der Waals surface area contributed by atoms with E-state index >= 15 is 0 Å². The summed E-state index contributed by atoms with van der Waals surface area (Å²) in [6.07, 6.45) is 0. The van der Waals surface area contributed by atoms with E-state index in [0.717, 1.165) is 5.69 Å². The largest absolute Gasteiger partial charge is 0.309 e. The molecular weight excluding hydrogens is 518 g/mol. The first-order chi connectivity index (χ1) is 21.3. The van der Waals surface area contributed by atoms with Crippen molar-refractivity contribution in [2.75, 3.05) is 0 Å². The number of benzene rings is 7. The van der Waals surface area contributed by atoms with Gasteiger partial charge in [0.05, 0.1) is 11.0 Å². The molecule has 1 heterocycles. The van der Waals surface area contributed by atoms with Gasteiger partial charge >= 0.3 is 0 Å². The number of nitrogens with zero attached hydrogens (tertiary/aromatic N) is 1. The molecule has 0 spiro atoms. The molecule has 0 radical (unpaired) electrons. The van der Waals surface area contributed by atoms with E-state index < -0.39 is 0 Å². The zero-order valence-corrected chi connectivity index (χ0v) is 23.7. The second-order valence-corrected chi connectivity index (χ2v) is 11.0. The number of aromatic nitrogens is 1. The zero-order valence-electron chi connectivity index (χ0n) is 23.7. The van der Waals surface area contributed by atoms with E-state index in [4.69, 9.17) is 0 Å². The molecule has 202 valence electrons. The minimum atomic E-state index is 1.16. The van der Waals surface area contributed by atoms with Gasteiger partial charge in [0.25, 0.3) is 0 Å². The van der Waals surface area contributed by atoms with Crippen LogP contribution in [0.25, 0.3) is 72.0 Å². The quantitative estimate of drug-likeness (QED) is 0.202. The smallest absolute Gasteiger partial charge is 0.0541 e. The van der Waals surface area contributed by atoms with Gasteiger partial charge in [0, 0.05) is 16.5 Å². The van der Waals surface area contributed by atoms with Crippen LogP contribution < -0.4 is 0 Å². The Bertz CT molecular complexity index is 2110. The first-order valence-corrected chi connectivity index (χ1v) is 14.8. The van der Waals surface area contributed by atoms with Crippen molar-refractivity contribution in [3.63, 3.8) is 0 Å². The molecule has 0 amide bonds. The van der Waals surface area contributed by atoms with Gasteiger partial charge < -0.3 is 4.57 Å². The molecule has 0 aliphatic rings. The summed E-state index contributed by atoms with van der Waals surface area (Å²) in [6, 6.07) is 63.4. The predicted molar refractivity (Wildman–Crippen MR) is 183 cm³/mol. The van der Waals surface area contributed by atoms with Gasteiger partial charge in [-0.1, -0.05) is 133 Å². The third-order valence-corrected chi connectivity index (χ3v) is 8.38. The summed E-state index contributed by atoms with van der Waals surface area (Å²) >= 11 is 0. The second-order valence-electron chi connectivity index (χ2n) is 11.0. The van der Waals surface area contributed by atoms with Crippen molar-refractivity contribution in [3.8, 4) is 50.2 Å². The fraction of sp³-hybridized carbons (Fsp3) is 0. The van der Waals surface area contributed by atoms with Crippen molar-refractivity contribution in [2.24, 2.45) is 0 Å². The molecule has 1 nitrogen and oxygen atoms in total. The van der Waals surface area contributed by atoms with Gasteiger partial charge in [0.15, 0.2) is 0 Å². The molecule has 0 aliphatic heterocycles. The number of fused-ring (bicyclic) bond motifs is 3. The summed E-state index contributed by atoms with van der Waals surface area (Å²) in [4.78, 5) is 0. The van der Waals surface area contributed by atoms with E-state index in [1.807, 2.05) is 0 Å². The monoisotopic (exact) mass is 547 g/mol. The van der Waals surface area contributed by atoms with Crippen molar-refractivity contribution in [3.05, 3.63) is 176 Å². The highest BCUT2D eigenvalue weighted by Crippen LogP contribution is 2.39. The molecule has 0 N–H and O–H groups in total. The van der Waals surface area contributed by atoms with Crippen LogP contribution in [0.3, 0.4) is 0 Å². The second kappa shape index (κ2) is 10.6. The van der Waals surface area contributed by atoms with E-state index in [0.29, 0.717) is 0 Å². The Morgan fingerprint density at radius 2 is 0.721 bits per heavy atom. The van der Waals surface area contributed by atoms with Crippen molar-refractivity contribution < 1.29 is 0 Å². The number of para-hydroxylation sites is 2. The van der Waals surface area contributed by atoms with Gasteiger partial charge in [-0.2, -0.15) is 0 Å². The lowest BCUT2D eigenvalue weighted by atomic mass is 9.89. The third kappa shape index (κ3) is 4.52. The number of hydrogen-bond donors (Lipinski definition) is 0. The van der Waals surface area contributed by atoms with E-state index in [2.05, 4.69) is 180 Å². The van der Waals surface area contributed by atoms with E-state index in [1.165, 1.54) is 66.3 Å². The third-order valence-electron chi connectivity index (χ3n) is 8.38. The van der Waals surface area contributed by atoms with Crippen LogP contribution in [0.5, 0.6) is 0 Å². The molecule has 0 aliphatic carbocycles. The summed E-state index contributed by atoms with van der Waals surface area (Å²) < 4.78 is 2.39. The lowest BCUT2D eigenvalue weighted by molar-refractivity contribution is 1.18. The maximum atomic E-state index is 2.39. The molecule has 0 fully saturated rings. The van der Waals surface area contributed by atoms with Crippen molar-refractivity contribution in [1.29, 1.82) is 0 Å². The van der Waals surface area contributed by atoms with Crippen molar-refractivity contribution in [1.82, 2.24) is 4.57 Å². The Morgan fingerprint density at radius 1 is 0.279 bits per heavy atom. The van der Waals surface area contributed by atoms with Crippen molar-refractivity contribution in [2.45, 2.75) is 0 Å². The molecular formula is C42H29N. The highest BCUT2D eigenvalue weighted by Gasteiger charge is 2.15. The molecule has 0 saturated heterocycles. The summed E-state index contributed by atoms with van der Waals surface area (Å²) in [5, 5.41) is 2.55. The van der Waals surface area contributed by atoms with Gasteiger partial charge in [-0.05, 0) is 87.0 Å². The van der Waals surface area contributed by atoms with Gasteiger partial charge in [-0.25, -0.2) is 0 Å². The summed E-state index contributed by atoms with van der Waals surface area (Å²) in [5.41, 5.74) is 13.3. The van der Waals surface area contributed by atoms with Crippen LogP contribution in [0.4, 0.5) is 0 Å². The van der Waals surface area contributed by atoms with Gasteiger partial charge in [-0.3, -0.25) is 0 Å². The number of rotatable bonds is 5. The molecule has 7 aromatic carbocycles. The van der Waals surface area contributed by atoms with Crippen molar-refractivity contribution >= 4 is 21.8 Å².